The second-order valence-electron chi connectivity index (χ2n) is 5.49. The van der Waals surface area contributed by atoms with Crippen LogP contribution in [-0.4, -0.2) is 9.91 Å². The molecule has 3 rings (SSSR count). The van der Waals surface area contributed by atoms with Gasteiger partial charge >= 0.3 is 0 Å². The summed E-state index contributed by atoms with van der Waals surface area (Å²) in [6.07, 6.45) is 3.42. The second-order valence-corrected chi connectivity index (χ2v) is 6.65. The minimum atomic E-state index is -0.380. The van der Waals surface area contributed by atoms with Gasteiger partial charge in [0.15, 0.2) is 0 Å². The molecule has 21 heavy (non-hydrogen) atoms. The first-order valence-corrected chi connectivity index (χ1v) is 7.89. The fourth-order valence-corrected chi connectivity index (χ4v) is 3.79. The number of aromatic nitrogens is 1. The summed E-state index contributed by atoms with van der Waals surface area (Å²) in [7, 11) is 0. The quantitative estimate of drug-likeness (QED) is 0.689. The van der Waals surface area contributed by atoms with Gasteiger partial charge in [-0.05, 0) is 31.2 Å². The van der Waals surface area contributed by atoms with Crippen LogP contribution in [-0.2, 0) is 19.4 Å². The summed E-state index contributed by atoms with van der Waals surface area (Å²) in [5.41, 5.74) is 2.10. The Kier molecular flexibility index (Phi) is 3.88. The Hall–Kier alpha value is -1.95. The third-order valence-corrected chi connectivity index (χ3v) is 4.85. The zero-order valence-electron chi connectivity index (χ0n) is 11.8. The van der Waals surface area contributed by atoms with Crippen molar-refractivity contribution in [2.45, 2.75) is 32.7 Å². The van der Waals surface area contributed by atoms with Crippen molar-refractivity contribution < 1.29 is 4.92 Å². The standard InChI is InChI=1S/C15H17N3O2S/c1-10-5-6-13-14(7-10)21-15(17-13)9-16-11-3-2-4-12(8-11)18(19)20/h2-4,8,10,16H,5-7,9H2,1H3. The molecule has 1 aromatic carbocycles. The van der Waals surface area contributed by atoms with Crippen molar-refractivity contribution in [1.29, 1.82) is 0 Å². The van der Waals surface area contributed by atoms with Gasteiger partial charge in [-0.1, -0.05) is 13.0 Å². The Labute approximate surface area is 127 Å². The number of nitro groups is 1. The predicted molar refractivity (Wildman–Crippen MR) is 83.7 cm³/mol. The van der Waals surface area contributed by atoms with Crippen molar-refractivity contribution in [3.05, 3.63) is 50.0 Å². The van der Waals surface area contributed by atoms with Crippen LogP contribution in [0.3, 0.4) is 0 Å². The molecule has 1 aliphatic rings. The number of nitrogens with one attached hydrogen (secondary N) is 1. The molecule has 0 spiro atoms. The maximum absolute atomic E-state index is 10.8. The van der Waals surface area contributed by atoms with E-state index in [9.17, 15) is 10.1 Å². The first-order chi connectivity index (χ1) is 10.1. The van der Waals surface area contributed by atoms with Crippen LogP contribution in [0, 0.1) is 16.0 Å². The minimum Gasteiger partial charge on any atom is -0.378 e. The number of non-ortho nitro benzene ring substituents is 1. The van der Waals surface area contributed by atoms with Gasteiger partial charge in [-0.15, -0.1) is 11.3 Å². The van der Waals surface area contributed by atoms with Gasteiger partial charge in [0.1, 0.15) is 5.01 Å². The molecular formula is C15H17N3O2S. The first kappa shape index (κ1) is 14.0. The van der Waals surface area contributed by atoms with E-state index in [1.165, 1.54) is 23.1 Å². The van der Waals surface area contributed by atoms with Gasteiger partial charge in [0.25, 0.3) is 5.69 Å². The molecule has 1 aromatic heterocycles. The summed E-state index contributed by atoms with van der Waals surface area (Å²) < 4.78 is 0. The van der Waals surface area contributed by atoms with Crippen LogP contribution in [0.4, 0.5) is 11.4 Å². The number of benzene rings is 1. The molecule has 1 heterocycles. The lowest BCUT2D eigenvalue weighted by Gasteiger charge is -2.15. The number of anilines is 1. The predicted octanol–water partition coefficient (Wildman–Crippen LogP) is 3.79. The average Bonchev–Trinajstić information content (AvgIpc) is 2.87. The number of thiazole rings is 1. The van der Waals surface area contributed by atoms with E-state index >= 15 is 0 Å². The Bertz CT molecular complexity index is 669. The van der Waals surface area contributed by atoms with Gasteiger partial charge < -0.3 is 5.32 Å². The van der Waals surface area contributed by atoms with Gasteiger partial charge in [-0.25, -0.2) is 4.98 Å². The number of aryl methyl sites for hydroxylation is 1. The lowest BCUT2D eigenvalue weighted by atomic mass is 9.93. The molecule has 0 aliphatic heterocycles. The summed E-state index contributed by atoms with van der Waals surface area (Å²) in [6, 6.07) is 6.57. The van der Waals surface area contributed by atoms with E-state index in [0.717, 1.165) is 29.5 Å². The molecule has 0 amide bonds. The summed E-state index contributed by atoms with van der Waals surface area (Å²) >= 11 is 1.76. The summed E-state index contributed by atoms with van der Waals surface area (Å²) in [6.45, 7) is 2.90. The van der Waals surface area contributed by atoms with Gasteiger partial charge in [0.2, 0.25) is 0 Å². The molecule has 0 bridgehead atoms. The van der Waals surface area contributed by atoms with Crippen LogP contribution in [0.15, 0.2) is 24.3 Å². The average molecular weight is 303 g/mol. The van der Waals surface area contributed by atoms with Crippen LogP contribution < -0.4 is 5.32 Å². The monoisotopic (exact) mass is 303 g/mol. The smallest absolute Gasteiger partial charge is 0.271 e. The number of hydrogen-bond acceptors (Lipinski definition) is 5. The van der Waals surface area contributed by atoms with Crippen molar-refractivity contribution in [3.63, 3.8) is 0 Å². The van der Waals surface area contributed by atoms with Crippen molar-refractivity contribution in [1.82, 2.24) is 4.98 Å². The lowest BCUT2D eigenvalue weighted by molar-refractivity contribution is -0.384. The molecule has 0 saturated heterocycles. The first-order valence-electron chi connectivity index (χ1n) is 7.07. The number of nitro benzene ring substituents is 1. The van der Waals surface area contributed by atoms with Crippen molar-refractivity contribution in [2.24, 2.45) is 5.92 Å². The van der Waals surface area contributed by atoms with E-state index in [0.29, 0.717) is 6.54 Å². The highest BCUT2D eigenvalue weighted by molar-refractivity contribution is 7.11. The molecule has 6 heteroatoms. The highest BCUT2D eigenvalue weighted by Crippen LogP contribution is 2.30. The maximum Gasteiger partial charge on any atom is 0.271 e. The fraction of sp³-hybridized carbons (Fsp3) is 0.400. The third kappa shape index (κ3) is 3.21. The van der Waals surface area contributed by atoms with E-state index in [1.807, 2.05) is 6.07 Å². The van der Waals surface area contributed by atoms with Crippen LogP contribution in [0.1, 0.15) is 28.9 Å². The zero-order valence-corrected chi connectivity index (χ0v) is 12.7. The Balaban J connectivity index is 1.68. The van der Waals surface area contributed by atoms with Crippen LogP contribution in [0.25, 0.3) is 0 Å². The number of hydrogen-bond donors (Lipinski definition) is 1. The summed E-state index contributed by atoms with van der Waals surface area (Å²) in [5, 5.41) is 15.0. The highest BCUT2D eigenvalue weighted by atomic mass is 32.1. The molecule has 1 atom stereocenters. The Morgan fingerprint density at radius 3 is 3.19 bits per heavy atom. The zero-order chi connectivity index (χ0) is 14.8. The van der Waals surface area contributed by atoms with Crippen molar-refractivity contribution in [3.8, 4) is 0 Å². The van der Waals surface area contributed by atoms with Crippen molar-refractivity contribution >= 4 is 22.7 Å². The molecule has 1 N–H and O–H groups in total. The molecule has 0 fully saturated rings. The van der Waals surface area contributed by atoms with Crippen LogP contribution in [0.5, 0.6) is 0 Å². The normalized spacial score (nSPS) is 17.3. The Morgan fingerprint density at radius 2 is 2.38 bits per heavy atom. The van der Waals surface area contributed by atoms with Crippen LogP contribution in [0.2, 0.25) is 0 Å². The molecule has 1 unspecified atom stereocenters. The fourth-order valence-electron chi connectivity index (χ4n) is 2.58. The second kappa shape index (κ2) is 5.81. The van der Waals surface area contributed by atoms with E-state index in [-0.39, 0.29) is 10.6 Å². The lowest BCUT2D eigenvalue weighted by Crippen LogP contribution is -2.09. The summed E-state index contributed by atoms with van der Waals surface area (Å²) in [5.74, 6) is 0.746. The maximum atomic E-state index is 10.8. The van der Waals surface area contributed by atoms with Gasteiger partial charge in [0.05, 0.1) is 17.2 Å². The number of fused-ring (bicyclic) bond motifs is 1. The molecular weight excluding hydrogens is 286 g/mol. The SMILES string of the molecule is CC1CCc2nc(CNc3cccc([N+](=O)[O-])c3)sc2C1. The van der Waals surface area contributed by atoms with Gasteiger partial charge in [-0.2, -0.15) is 0 Å². The molecule has 0 radical (unpaired) electrons. The third-order valence-electron chi connectivity index (χ3n) is 3.73. The Morgan fingerprint density at radius 1 is 1.52 bits per heavy atom. The van der Waals surface area contributed by atoms with Gasteiger partial charge in [-0.3, -0.25) is 10.1 Å². The molecule has 0 saturated carbocycles. The van der Waals surface area contributed by atoms with E-state index in [2.05, 4.69) is 17.2 Å². The molecule has 1 aliphatic carbocycles. The highest BCUT2D eigenvalue weighted by Gasteiger charge is 2.19. The largest absolute Gasteiger partial charge is 0.378 e. The summed E-state index contributed by atoms with van der Waals surface area (Å²) in [4.78, 5) is 16.5. The molecule has 110 valence electrons. The van der Waals surface area contributed by atoms with E-state index < -0.39 is 0 Å². The topological polar surface area (TPSA) is 68.1 Å². The molecule has 2 aromatic rings. The number of rotatable bonds is 4. The molecule has 5 nitrogen and oxygen atoms in total. The van der Waals surface area contributed by atoms with Crippen LogP contribution >= 0.6 is 11.3 Å². The number of nitrogens with zero attached hydrogens (tertiary/aromatic N) is 2. The van der Waals surface area contributed by atoms with E-state index in [1.54, 1.807) is 23.5 Å². The van der Waals surface area contributed by atoms with Gasteiger partial charge in [0, 0.05) is 22.7 Å². The van der Waals surface area contributed by atoms with Crippen molar-refractivity contribution in [2.75, 3.05) is 5.32 Å². The van der Waals surface area contributed by atoms with E-state index in [4.69, 9.17) is 0 Å². The minimum absolute atomic E-state index is 0.104.